The zero-order valence-electron chi connectivity index (χ0n) is 18.5. The molecular weight excluding hydrogens is 524 g/mol. The molecule has 0 radical (unpaired) electrons. The van der Waals surface area contributed by atoms with Crippen molar-refractivity contribution >= 4 is 50.6 Å². The van der Waals surface area contributed by atoms with Gasteiger partial charge in [0.15, 0.2) is 4.80 Å². The van der Waals surface area contributed by atoms with Gasteiger partial charge in [-0.3, -0.25) is 9.36 Å². The van der Waals surface area contributed by atoms with E-state index in [1.807, 2.05) is 48.7 Å². The number of methoxy groups -OCH3 is 1. The van der Waals surface area contributed by atoms with Crippen LogP contribution < -0.4 is 19.6 Å². The first-order valence-corrected chi connectivity index (χ1v) is 13.1. The van der Waals surface area contributed by atoms with Crippen LogP contribution in [0, 0.1) is 0 Å². The number of ether oxygens (including phenoxy) is 2. The van der Waals surface area contributed by atoms with Crippen molar-refractivity contribution < 1.29 is 14.3 Å². The average molecular weight is 547 g/mol. The normalized spacial score (nSPS) is 15.9. The molecule has 172 valence electrons. The third kappa shape index (κ3) is 4.62. The van der Waals surface area contributed by atoms with Crippen LogP contribution in [0.15, 0.2) is 61.2 Å². The summed E-state index contributed by atoms with van der Waals surface area (Å²) < 4.78 is 14.1. The van der Waals surface area contributed by atoms with E-state index in [0.717, 1.165) is 15.8 Å². The molecule has 0 N–H and O–H groups in total. The van der Waals surface area contributed by atoms with E-state index in [1.165, 1.54) is 11.3 Å². The lowest BCUT2D eigenvalue weighted by Gasteiger charge is -2.27. The van der Waals surface area contributed by atoms with Gasteiger partial charge in [-0.25, -0.2) is 9.79 Å². The molecular formula is C24H23BrN2O4S2. The molecule has 33 heavy (non-hydrogen) atoms. The zero-order chi connectivity index (χ0) is 23.5. The Morgan fingerprint density at radius 2 is 2.12 bits per heavy atom. The van der Waals surface area contributed by atoms with Crippen LogP contribution in [0.5, 0.6) is 5.75 Å². The van der Waals surface area contributed by atoms with E-state index in [0.29, 0.717) is 38.3 Å². The summed E-state index contributed by atoms with van der Waals surface area (Å²) in [5.41, 5.74) is 1.52. The minimum absolute atomic E-state index is 0.198. The summed E-state index contributed by atoms with van der Waals surface area (Å²) in [6.07, 6.45) is 3.27. The van der Waals surface area contributed by atoms with Gasteiger partial charge in [0.1, 0.15) is 11.8 Å². The molecule has 0 amide bonds. The zero-order valence-corrected chi connectivity index (χ0v) is 21.7. The second-order valence-electron chi connectivity index (χ2n) is 7.32. The molecule has 1 aliphatic rings. The van der Waals surface area contributed by atoms with Crippen LogP contribution in [0.1, 0.15) is 43.2 Å². The largest absolute Gasteiger partial charge is 0.496 e. The number of thiophene rings is 1. The van der Waals surface area contributed by atoms with Gasteiger partial charge in [0.25, 0.3) is 5.56 Å². The number of hydrogen-bond acceptors (Lipinski definition) is 7. The van der Waals surface area contributed by atoms with Crippen LogP contribution in [-0.2, 0) is 9.53 Å². The fraction of sp³-hybridized carbons (Fsp3) is 0.292. The summed E-state index contributed by atoms with van der Waals surface area (Å²) in [7, 11) is 1.58. The van der Waals surface area contributed by atoms with Crippen molar-refractivity contribution in [2.24, 2.45) is 4.99 Å². The smallest absolute Gasteiger partial charge is 0.338 e. The monoisotopic (exact) mass is 546 g/mol. The molecule has 0 bridgehead atoms. The Kier molecular flexibility index (Phi) is 7.31. The van der Waals surface area contributed by atoms with Gasteiger partial charge in [-0.05, 0) is 49.1 Å². The highest BCUT2D eigenvalue weighted by Crippen LogP contribution is 2.38. The number of hydrogen-bond donors (Lipinski definition) is 0. The van der Waals surface area contributed by atoms with Gasteiger partial charge in [-0.2, -0.15) is 0 Å². The number of halogens is 1. The van der Waals surface area contributed by atoms with Crippen LogP contribution in [0.25, 0.3) is 6.08 Å². The fourth-order valence-corrected chi connectivity index (χ4v) is 5.96. The molecule has 6 nitrogen and oxygen atoms in total. The molecule has 1 aliphatic heterocycles. The highest BCUT2D eigenvalue weighted by Gasteiger charge is 2.36. The van der Waals surface area contributed by atoms with Crippen molar-refractivity contribution in [1.82, 2.24) is 4.57 Å². The van der Waals surface area contributed by atoms with E-state index in [-0.39, 0.29) is 12.2 Å². The van der Waals surface area contributed by atoms with Crippen LogP contribution >= 0.6 is 38.6 Å². The molecule has 0 saturated carbocycles. The molecule has 3 aromatic rings. The predicted molar refractivity (Wildman–Crippen MR) is 135 cm³/mol. The molecule has 1 aromatic carbocycles. The van der Waals surface area contributed by atoms with Crippen LogP contribution in [0.4, 0.5) is 0 Å². The molecule has 4 rings (SSSR count). The Morgan fingerprint density at radius 3 is 2.79 bits per heavy atom. The SMILES string of the molecule is CCCC1=C(C(=O)OCC)[C@@H](c2cc(Br)ccc2OC)n2c(s/c(=C/c3cccs3)c2=O)=N1. The summed E-state index contributed by atoms with van der Waals surface area (Å²) in [6, 6.07) is 8.77. The Balaban J connectivity index is 2.06. The molecule has 0 aliphatic carbocycles. The van der Waals surface area contributed by atoms with Gasteiger partial charge in [-0.15, -0.1) is 11.3 Å². The van der Waals surface area contributed by atoms with Crippen LogP contribution in [0.3, 0.4) is 0 Å². The van der Waals surface area contributed by atoms with Crippen LogP contribution in [0.2, 0.25) is 0 Å². The van der Waals surface area contributed by atoms with E-state index in [4.69, 9.17) is 14.5 Å². The predicted octanol–water partition coefficient (Wildman–Crippen LogP) is 4.41. The lowest BCUT2D eigenvalue weighted by molar-refractivity contribution is -0.139. The number of fused-ring (bicyclic) bond motifs is 1. The van der Waals surface area contributed by atoms with E-state index in [2.05, 4.69) is 15.9 Å². The molecule has 3 heterocycles. The van der Waals surface area contributed by atoms with Crippen molar-refractivity contribution in [3.05, 3.63) is 81.6 Å². The lowest BCUT2D eigenvalue weighted by Crippen LogP contribution is -2.40. The first kappa shape index (κ1) is 23.7. The summed E-state index contributed by atoms with van der Waals surface area (Å²) in [6.45, 7) is 4.03. The number of thiazole rings is 1. The molecule has 2 aromatic heterocycles. The molecule has 0 unspecified atom stereocenters. The van der Waals surface area contributed by atoms with Crippen LogP contribution in [-0.4, -0.2) is 24.3 Å². The second kappa shape index (κ2) is 10.2. The maximum atomic E-state index is 13.7. The first-order valence-electron chi connectivity index (χ1n) is 10.6. The quantitative estimate of drug-likeness (QED) is 0.411. The van der Waals surface area contributed by atoms with E-state index >= 15 is 0 Å². The lowest BCUT2D eigenvalue weighted by atomic mass is 9.93. The van der Waals surface area contributed by atoms with Crippen molar-refractivity contribution in [3.63, 3.8) is 0 Å². The molecule has 0 saturated heterocycles. The van der Waals surface area contributed by atoms with E-state index in [1.54, 1.807) is 29.9 Å². The number of esters is 1. The molecule has 0 fully saturated rings. The topological polar surface area (TPSA) is 69.9 Å². The summed E-state index contributed by atoms with van der Waals surface area (Å²) in [5.74, 6) is 0.111. The van der Waals surface area contributed by atoms with E-state index in [9.17, 15) is 9.59 Å². The van der Waals surface area contributed by atoms with Crippen molar-refractivity contribution in [2.75, 3.05) is 13.7 Å². The molecule has 0 spiro atoms. The van der Waals surface area contributed by atoms with Gasteiger partial charge in [-0.1, -0.05) is 46.7 Å². The van der Waals surface area contributed by atoms with Gasteiger partial charge < -0.3 is 9.47 Å². The summed E-state index contributed by atoms with van der Waals surface area (Å²) >= 11 is 6.42. The summed E-state index contributed by atoms with van der Waals surface area (Å²) in [5, 5.41) is 1.97. The minimum atomic E-state index is -0.709. The highest BCUT2D eigenvalue weighted by atomic mass is 79.9. The number of aromatic nitrogens is 1. The van der Waals surface area contributed by atoms with Gasteiger partial charge >= 0.3 is 5.97 Å². The Labute approximate surface area is 207 Å². The van der Waals surface area contributed by atoms with Crippen molar-refractivity contribution in [1.29, 1.82) is 0 Å². The van der Waals surface area contributed by atoms with Crippen molar-refractivity contribution in [2.45, 2.75) is 32.7 Å². The number of allylic oxidation sites excluding steroid dienone is 1. The minimum Gasteiger partial charge on any atom is -0.496 e. The number of benzene rings is 1. The number of carbonyl (C=O) groups is 1. The van der Waals surface area contributed by atoms with E-state index < -0.39 is 12.0 Å². The van der Waals surface area contributed by atoms with Crippen molar-refractivity contribution in [3.8, 4) is 5.75 Å². The molecule has 9 heteroatoms. The Morgan fingerprint density at radius 1 is 1.30 bits per heavy atom. The third-order valence-corrected chi connectivity index (χ3v) is 7.49. The maximum absolute atomic E-state index is 13.7. The standard InChI is InChI=1S/C24H23BrN2O4S2/c1-4-7-17-20(23(29)31-5-2)21(16-12-14(25)9-10-18(16)30-3)27-22(28)19(33-24(27)26-17)13-15-8-6-11-32-15/h6,8-13,21H,4-5,7H2,1-3H3/b19-13+/t21-/m1/s1. The van der Waals surface area contributed by atoms with Gasteiger partial charge in [0, 0.05) is 14.9 Å². The summed E-state index contributed by atoms with van der Waals surface area (Å²) in [4.78, 5) is 33.2. The number of carbonyl (C=O) groups excluding carboxylic acids is 1. The molecule has 1 atom stereocenters. The maximum Gasteiger partial charge on any atom is 0.338 e. The fourth-order valence-electron chi connectivity index (χ4n) is 3.84. The Bertz CT molecular complexity index is 1390. The highest BCUT2D eigenvalue weighted by molar-refractivity contribution is 9.10. The van der Waals surface area contributed by atoms with Gasteiger partial charge in [0.2, 0.25) is 0 Å². The first-order chi connectivity index (χ1) is 16.0. The second-order valence-corrected chi connectivity index (χ2v) is 10.2. The van der Waals surface area contributed by atoms with Gasteiger partial charge in [0.05, 0.1) is 29.5 Å². The number of rotatable bonds is 7. The number of nitrogens with zero attached hydrogens (tertiary/aromatic N) is 2. The average Bonchev–Trinajstić information content (AvgIpc) is 3.41. The Hall–Kier alpha value is -2.49. The third-order valence-electron chi connectivity index (χ3n) is 5.20.